The Kier molecular flexibility index (Phi) is 7.50. The average molecular weight is 416 g/mol. The van der Waals surface area contributed by atoms with Gasteiger partial charge in [0.05, 0.1) is 18.8 Å². The lowest BCUT2D eigenvalue weighted by Crippen LogP contribution is -2.48. The highest BCUT2D eigenvalue weighted by molar-refractivity contribution is 6.35. The number of imide groups is 1. The van der Waals surface area contributed by atoms with Crippen molar-refractivity contribution in [1.82, 2.24) is 14.7 Å². The van der Waals surface area contributed by atoms with Crippen LogP contribution in [0, 0.1) is 5.92 Å². The van der Waals surface area contributed by atoms with E-state index in [0.29, 0.717) is 44.1 Å². The molecule has 30 heavy (non-hydrogen) atoms. The minimum Gasteiger partial charge on any atom is -0.494 e. The molecule has 0 aromatic heterocycles. The summed E-state index contributed by atoms with van der Waals surface area (Å²) in [7, 11) is 0. The highest BCUT2D eigenvalue weighted by Crippen LogP contribution is 2.33. The molecule has 2 aliphatic rings. The molecule has 0 aliphatic carbocycles. The Morgan fingerprint density at radius 3 is 2.27 bits per heavy atom. The third kappa shape index (κ3) is 4.84. The minimum absolute atomic E-state index is 0.125. The molecule has 0 radical (unpaired) electrons. The van der Waals surface area contributed by atoms with Crippen LogP contribution in [0.3, 0.4) is 0 Å². The molecule has 2 aliphatic heterocycles. The summed E-state index contributed by atoms with van der Waals surface area (Å²) in [6.07, 6.45) is 0.927. The molecule has 0 saturated carbocycles. The third-order valence-electron chi connectivity index (χ3n) is 5.41. The number of aliphatic hydroxyl groups excluding tert-OH is 1. The van der Waals surface area contributed by atoms with Crippen LogP contribution in [0.25, 0.3) is 5.57 Å². The fourth-order valence-electron chi connectivity index (χ4n) is 3.92. The molecule has 1 aromatic rings. The van der Waals surface area contributed by atoms with Gasteiger partial charge in [0.2, 0.25) is 0 Å². The number of carbonyl (C=O) groups excluding carboxylic acids is 2. The van der Waals surface area contributed by atoms with Gasteiger partial charge in [-0.15, -0.1) is 0 Å². The van der Waals surface area contributed by atoms with Crippen LogP contribution in [0.15, 0.2) is 30.0 Å². The largest absolute Gasteiger partial charge is 0.494 e. The van der Waals surface area contributed by atoms with E-state index in [1.807, 2.05) is 43.0 Å². The van der Waals surface area contributed by atoms with Crippen LogP contribution in [0.1, 0.15) is 32.8 Å². The van der Waals surface area contributed by atoms with Crippen molar-refractivity contribution >= 4 is 17.4 Å². The van der Waals surface area contributed by atoms with Crippen molar-refractivity contribution in [2.24, 2.45) is 5.92 Å². The summed E-state index contributed by atoms with van der Waals surface area (Å²) in [4.78, 5) is 32.1. The summed E-state index contributed by atoms with van der Waals surface area (Å²) in [5.74, 6) is 0.537. The summed E-state index contributed by atoms with van der Waals surface area (Å²) in [6, 6.07) is 7.45. The molecule has 7 nitrogen and oxygen atoms in total. The quantitative estimate of drug-likeness (QED) is 0.621. The SMILES string of the molecule is CCCOc1ccc(C2=C(N3CCN(CCO)CC3)C(=O)N(CC(C)C)C2=O)cc1. The van der Waals surface area contributed by atoms with Gasteiger partial charge in [-0.25, -0.2) is 0 Å². The zero-order valence-electron chi connectivity index (χ0n) is 18.3. The highest BCUT2D eigenvalue weighted by atomic mass is 16.5. The van der Waals surface area contributed by atoms with Gasteiger partial charge in [0.15, 0.2) is 0 Å². The molecule has 0 bridgehead atoms. The number of nitrogens with zero attached hydrogens (tertiary/aromatic N) is 3. The van der Waals surface area contributed by atoms with Crippen molar-refractivity contribution in [2.45, 2.75) is 27.2 Å². The van der Waals surface area contributed by atoms with Crippen LogP contribution in [0.4, 0.5) is 0 Å². The summed E-state index contributed by atoms with van der Waals surface area (Å²) in [5, 5.41) is 9.18. The van der Waals surface area contributed by atoms with Gasteiger partial charge >= 0.3 is 0 Å². The monoisotopic (exact) mass is 415 g/mol. The average Bonchev–Trinajstić information content (AvgIpc) is 2.98. The maximum Gasteiger partial charge on any atom is 0.277 e. The first-order chi connectivity index (χ1) is 14.5. The first-order valence-electron chi connectivity index (χ1n) is 10.9. The zero-order chi connectivity index (χ0) is 21.7. The minimum atomic E-state index is -0.219. The number of hydrogen-bond acceptors (Lipinski definition) is 6. The molecule has 2 amide bonds. The summed E-state index contributed by atoms with van der Waals surface area (Å²) < 4.78 is 5.66. The van der Waals surface area contributed by atoms with E-state index >= 15 is 0 Å². The fraction of sp³-hybridized carbons (Fsp3) is 0.565. The molecule has 1 fully saturated rings. The van der Waals surface area contributed by atoms with Crippen LogP contribution < -0.4 is 4.74 Å². The van der Waals surface area contributed by atoms with Gasteiger partial charge in [-0.2, -0.15) is 0 Å². The first kappa shape index (κ1) is 22.3. The number of β-amino-alcohol motifs (C(OH)–C–C–N with tert-alkyl or cyclic N) is 1. The van der Waals surface area contributed by atoms with Crippen LogP contribution >= 0.6 is 0 Å². The standard InChI is InChI=1S/C23H33N3O4/c1-4-15-30-19-7-5-18(6-8-19)20-21(23(29)26(22(20)28)16-17(2)3)25-11-9-24(10-12-25)13-14-27/h5-8,17,27H,4,9-16H2,1-3H3. The molecule has 1 N–H and O–H groups in total. The van der Waals surface area contributed by atoms with E-state index < -0.39 is 0 Å². The Hall–Kier alpha value is -2.38. The molecule has 2 heterocycles. The number of carbonyl (C=O) groups is 2. The topological polar surface area (TPSA) is 73.3 Å². The summed E-state index contributed by atoms with van der Waals surface area (Å²) >= 11 is 0. The van der Waals surface area contributed by atoms with Crippen LogP contribution in [-0.2, 0) is 9.59 Å². The van der Waals surface area contributed by atoms with E-state index in [9.17, 15) is 14.7 Å². The maximum absolute atomic E-state index is 13.3. The number of amides is 2. The number of hydrogen-bond donors (Lipinski definition) is 1. The van der Waals surface area contributed by atoms with Gasteiger partial charge in [0.25, 0.3) is 11.8 Å². The Morgan fingerprint density at radius 1 is 1.03 bits per heavy atom. The third-order valence-corrected chi connectivity index (χ3v) is 5.41. The second-order valence-corrected chi connectivity index (χ2v) is 8.26. The van der Waals surface area contributed by atoms with Crippen molar-refractivity contribution in [2.75, 3.05) is 52.5 Å². The van der Waals surface area contributed by atoms with Gasteiger partial charge in [-0.1, -0.05) is 32.9 Å². The van der Waals surface area contributed by atoms with Gasteiger partial charge < -0.3 is 14.7 Å². The predicted octanol–water partition coefficient (Wildman–Crippen LogP) is 1.82. The van der Waals surface area contributed by atoms with Gasteiger partial charge in [-0.3, -0.25) is 19.4 Å². The number of ether oxygens (including phenoxy) is 1. The van der Waals surface area contributed by atoms with E-state index in [2.05, 4.69) is 11.8 Å². The van der Waals surface area contributed by atoms with E-state index in [-0.39, 0.29) is 24.3 Å². The smallest absolute Gasteiger partial charge is 0.277 e. The van der Waals surface area contributed by atoms with Gasteiger partial charge in [-0.05, 0) is 30.0 Å². The second-order valence-electron chi connectivity index (χ2n) is 8.26. The second kappa shape index (κ2) is 10.1. The normalized spacial score (nSPS) is 18.2. The molecule has 0 spiro atoms. The Bertz CT molecular complexity index is 780. The highest BCUT2D eigenvalue weighted by Gasteiger charge is 2.42. The molecule has 164 valence electrons. The van der Waals surface area contributed by atoms with E-state index in [1.165, 1.54) is 4.90 Å². The van der Waals surface area contributed by atoms with Crippen molar-refractivity contribution in [3.63, 3.8) is 0 Å². The number of benzene rings is 1. The van der Waals surface area contributed by atoms with Gasteiger partial charge in [0, 0.05) is 39.3 Å². The first-order valence-corrected chi connectivity index (χ1v) is 10.9. The van der Waals surface area contributed by atoms with Crippen molar-refractivity contribution in [1.29, 1.82) is 0 Å². The van der Waals surface area contributed by atoms with Crippen LogP contribution in [-0.4, -0.2) is 84.1 Å². The lowest BCUT2D eigenvalue weighted by Gasteiger charge is -2.36. The number of rotatable bonds is 9. The van der Waals surface area contributed by atoms with Crippen molar-refractivity contribution in [3.05, 3.63) is 35.5 Å². The molecule has 7 heteroatoms. The summed E-state index contributed by atoms with van der Waals surface area (Å²) in [5.41, 5.74) is 1.74. The molecule has 0 atom stereocenters. The summed E-state index contributed by atoms with van der Waals surface area (Å²) in [6.45, 7) is 10.7. The lowest BCUT2D eigenvalue weighted by molar-refractivity contribution is -0.138. The molecule has 3 rings (SSSR count). The Labute approximate surface area is 178 Å². The Morgan fingerprint density at radius 2 is 1.70 bits per heavy atom. The molecule has 1 saturated heterocycles. The number of aliphatic hydroxyl groups is 1. The zero-order valence-corrected chi connectivity index (χ0v) is 18.3. The van der Waals surface area contributed by atoms with Gasteiger partial charge in [0.1, 0.15) is 11.4 Å². The van der Waals surface area contributed by atoms with Crippen molar-refractivity contribution in [3.8, 4) is 5.75 Å². The van der Waals surface area contributed by atoms with Crippen LogP contribution in [0.5, 0.6) is 5.75 Å². The van der Waals surface area contributed by atoms with E-state index in [1.54, 1.807) is 0 Å². The van der Waals surface area contributed by atoms with E-state index in [4.69, 9.17) is 4.74 Å². The predicted molar refractivity (Wildman–Crippen MR) is 116 cm³/mol. The molecular formula is C23H33N3O4. The van der Waals surface area contributed by atoms with E-state index in [0.717, 1.165) is 30.8 Å². The molecule has 0 unspecified atom stereocenters. The number of piperazine rings is 1. The maximum atomic E-state index is 13.3. The molecule has 1 aromatic carbocycles. The Balaban J connectivity index is 1.91. The fourth-order valence-corrected chi connectivity index (χ4v) is 3.92. The van der Waals surface area contributed by atoms with Crippen LogP contribution in [0.2, 0.25) is 0 Å². The lowest BCUT2D eigenvalue weighted by atomic mass is 10.0. The molecular weight excluding hydrogens is 382 g/mol. The van der Waals surface area contributed by atoms with Crippen molar-refractivity contribution < 1.29 is 19.4 Å².